The van der Waals surface area contributed by atoms with Gasteiger partial charge in [-0.15, -0.1) is 0 Å². The Hall–Kier alpha value is -1.95. The highest BCUT2D eigenvalue weighted by molar-refractivity contribution is 6.33. The molecule has 2 N–H and O–H groups in total. The van der Waals surface area contributed by atoms with Crippen LogP contribution in [-0.2, 0) is 6.18 Å². The molecule has 0 unspecified atom stereocenters. The van der Waals surface area contributed by atoms with Crippen LogP contribution >= 0.6 is 11.6 Å². The zero-order valence-electron chi connectivity index (χ0n) is 11.1. The second-order valence-electron chi connectivity index (χ2n) is 4.26. The molecule has 7 heteroatoms. The Morgan fingerprint density at radius 3 is 2.52 bits per heavy atom. The van der Waals surface area contributed by atoms with Crippen LogP contribution in [-0.4, -0.2) is 11.5 Å². The lowest BCUT2D eigenvalue weighted by Crippen LogP contribution is -2.06. The van der Waals surface area contributed by atoms with Crippen molar-refractivity contribution >= 4 is 28.9 Å². The first-order valence-corrected chi connectivity index (χ1v) is 6.62. The fourth-order valence-electron chi connectivity index (χ4n) is 1.72. The van der Waals surface area contributed by atoms with Crippen molar-refractivity contribution in [1.29, 1.82) is 0 Å². The van der Waals surface area contributed by atoms with Crippen LogP contribution < -0.4 is 10.6 Å². The molecule has 112 valence electrons. The number of rotatable bonds is 4. The molecule has 0 spiro atoms. The molecule has 3 nitrogen and oxygen atoms in total. The van der Waals surface area contributed by atoms with Gasteiger partial charge in [-0.1, -0.05) is 17.7 Å². The summed E-state index contributed by atoms with van der Waals surface area (Å²) in [5, 5.41) is 6.01. The van der Waals surface area contributed by atoms with Gasteiger partial charge in [0.05, 0.1) is 16.3 Å². The minimum Gasteiger partial charge on any atom is -0.370 e. The molecule has 21 heavy (non-hydrogen) atoms. The fourth-order valence-corrected chi connectivity index (χ4v) is 1.88. The van der Waals surface area contributed by atoms with Crippen molar-refractivity contribution in [3.63, 3.8) is 0 Å². The number of nitrogens with zero attached hydrogens (tertiary/aromatic N) is 1. The predicted molar refractivity (Wildman–Crippen MR) is 78.1 cm³/mol. The van der Waals surface area contributed by atoms with Crippen molar-refractivity contribution in [2.24, 2.45) is 0 Å². The zero-order chi connectivity index (χ0) is 15.5. The largest absolute Gasteiger partial charge is 0.416 e. The standard InChI is InChI=1S/C14H13ClF3N3/c1-2-19-12-4-3-5-13(21-12)20-11-8-9(14(16,17)18)6-7-10(11)15/h3-8H,2H2,1H3,(H2,19,20,21). The van der Waals surface area contributed by atoms with Gasteiger partial charge in [-0.25, -0.2) is 4.98 Å². The average molecular weight is 316 g/mol. The summed E-state index contributed by atoms with van der Waals surface area (Å²) in [6.45, 7) is 2.62. The van der Waals surface area contributed by atoms with Gasteiger partial charge in [-0.3, -0.25) is 0 Å². The van der Waals surface area contributed by atoms with Gasteiger partial charge in [0.2, 0.25) is 0 Å². The number of aromatic nitrogens is 1. The molecule has 0 aliphatic heterocycles. The lowest BCUT2D eigenvalue weighted by molar-refractivity contribution is -0.137. The van der Waals surface area contributed by atoms with Crippen LogP contribution in [0.25, 0.3) is 0 Å². The first kappa shape index (κ1) is 15.4. The normalized spacial score (nSPS) is 11.3. The van der Waals surface area contributed by atoms with Gasteiger partial charge in [0, 0.05) is 6.54 Å². The van der Waals surface area contributed by atoms with Crippen LogP contribution in [0.5, 0.6) is 0 Å². The van der Waals surface area contributed by atoms with Gasteiger partial charge in [0.1, 0.15) is 11.6 Å². The molecule has 0 atom stereocenters. The zero-order valence-corrected chi connectivity index (χ0v) is 11.9. The molecule has 0 aliphatic carbocycles. The van der Waals surface area contributed by atoms with Crippen molar-refractivity contribution < 1.29 is 13.2 Å². The van der Waals surface area contributed by atoms with Gasteiger partial charge in [-0.2, -0.15) is 13.2 Å². The van der Waals surface area contributed by atoms with Gasteiger partial charge >= 0.3 is 6.18 Å². The lowest BCUT2D eigenvalue weighted by Gasteiger charge is -2.12. The van der Waals surface area contributed by atoms with Crippen molar-refractivity contribution in [2.45, 2.75) is 13.1 Å². The van der Waals surface area contributed by atoms with E-state index in [2.05, 4.69) is 15.6 Å². The van der Waals surface area contributed by atoms with E-state index in [0.29, 0.717) is 18.2 Å². The Balaban J connectivity index is 2.28. The molecule has 1 aromatic heterocycles. The van der Waals surface area contributed by atoms with E-state index in [1.807, 2.05) is 6.92 Å². The highest BCUT2D eigenvalue weighted by atomic mass is 35.5. The van der Waals surface area contributed by atoms with Crippen molar-refractivity contribution in [3.8, 4) is 0 Å². The van der Waals surface area contributed by atoms with Crippen molar-refractivity contribution in [2.75, 3.05) is 17.2 Å². The summed E-state index contributed by atoms with van der Waals surface area (Å²) in [7, 11) is 0. The number of alkyl halides is 3. The third kappa shape index (κ3) is 4.01. The molecule has 2 aromatic rings. The maximum atomic E-state index is 12.7. The highest BCUT2D eigenvalue weighted by Crippen LogP contribution is 2.34. The Labute approximate surface area is 125 Å². The number of pyridine rings is 1. The fraction of sp³-hybridized carbons (Fsp3) is 0.214. The van der Waals surface area contributed by atoms with Crippen LogP contribution in [0.1, 0.15) is 12.5 Å². The van der Waals surface area contributed by atoms with Crippen LogP contribution in [0.3, 0.4) is 0 Å². The number of hydrogen-bond donors (Lipinski definition) is 2. The second-order valence-corrected chi connectivity index (χ2v) is 4.66. The van der Waals surface area contributed by atoms with E-state index in [4.69, 9.17) is 11.6 Å². The molecule has 0 fully saturated rings. The predicted octanol–water partition coefficient (Wildman–Crippen LogP) is 4.93. The Morgan fingerprint density at radius 1 is 1.14 bits per heavy atom. The van der Waals surface area contributed by atoms with Crippen molar-refractivity contribution in [1.82, 2.24) is 4.98 Å². The van der Waals surface area contributed by atoms with Gasteiger partial charge in [-0.05, 0) is 37.3 Å². The second kappa shape index (κ2) is 6.22. The molecular formula is C14H13ClF3N3. The summed E-state index contributed by atoms with van der Waals surface area (Å²) in [4.78, 5) is 4.23. The third-order valence-corrected chi connectivity index (χ3v) is 2.99. The van der Waals surface area contributed by atoms with E-state index in [0.717, 1.165) is 12.1 Å². The molecule has 2 rings (SSSR count). The number of hydrogen-bond acceptors (Lipinski definition) is 3. The van der Waals surface area contributed by atoms with E-state index in [1.54, 1.807) is 18.2 Å². The molecule has 0 amide bonds. The van der Waals surface area contributed by atoms with Crippen LogP contribution in [0, 0.1) is 0 Å². The quantitative estimate of drug-likeness (QED) is 0.840. The lowest BCUT2D eigenvalue weighted by atomic mass is 10.2. The van der Waals surface area contributed by atoms with E-state index in [-0.39, 0.29) is 10.7 Å². The molecule has 0 saturated carbocycles. The highest BCUT2D eigenvalue weighted by Gasteiger charge is 2.31. The molecule has 0 bridgehead atoms. The molecule has 0 saturated heterocycles. The smallest absolute Gasteiger partial charge is 0.370 e. The Morgan fingerprint density at radius 2 is 1.86 bits per heavy atom. The molecule has 0 aliphatic rings. The Bertz CT molecular complexity index is 629. The summed E-state index contributed by atoms with van der Waals surface area (Å²) in [5.74, 6) is 1.04. The van der Waals surface area contributed by atoms with E-state index < -0.39 is 11.7 Å². The third-order valence-electron chi connectivity index (χ3n) is 2.66. The maximum absolute atomic E-state index is 12.7. The average Bonchev–Trinajstić information content (AvgIpc) is 2.41. The van der Waals surface area contributed by atoms with Gasteiger partial charge < -0.3 is 10.6 Å². The number of anilines is 3. The van der Waals surface area contributed by atoms with E-state index >= 15 is 0 Å². The van der Waals surface area contributed by atoms with E-state index in [1.165, 1.54) is 6.07 Å². The Kier molecular flexibility index (Phi) is 4.57. The molecule has 1 aromatic carbocycles. The molecule has 0 radical (unpaired) electrons. The van der Waals surface area contributed by atoms with Gasteiger partial charge in [0.25, 0.3) is 0 Å². The first-order valence-electron chi connectivity index (χ1n) is 6.25. The maximum Gasteiger partial charge on any atom is 0.416 e. The van der Waals surface area contributed by atoms with Gasteiger partial charge in [0.15, 0.2) is 0 Å². The van der Waals surface area contributed by atoms with Crippen molar-refractivity contribution in [3.05, 3.63) is 47.0 Å². The number of benzene rings is 1. The van der Waals surface area contributed by atoms with E-state index in [9.17, 15) is 13.2 Å². The topological polar surface area (TPSA) is 37.0 Å². The number of halogens is 4. The van der Waals surface area contributed by atoms with Crippen LogP contribution in [0.4, 0.5) is 30.5 Å². The summed E-state index contributed by atoms with van der Waals surface area (Å²) >= 11 is 5.92. The summed E-state index contributed by atoms with van der Waals surface area (Å²) < 4.78 is 38.1. The minimum absolute atomic E-state index is 0.160. The SMILES string of the molecule is CCNc1cccc(Nc2cc(C(F)(F)F)ccc2Cl)n1. The summed E-state index contributed by atoms with van der Waals surface area (Å²) in [5.41, 5.74) is -0.607. The van der Waals surface area contributed by atoms with Crippen LogP contribution in [0.2, 0.25) is 5.02 Å². The molecular weight excluding hydrogens is 303 g/mol. The minimum atomic E-state index is -4.42. The van der Waals surface area contributed by atoms with Crippen LogP contribution in [0.15, 0.2) is 36.4 Å². The molecule has 1 heterocycles. The first-order chi connectivity index (χ1) is 9.90. The summed E-state index contributed by atoms with van der Waals surface area (Å²) in [6.07, 6.45) is -4.42. The summed E-state index contributed by atoms with van der Waals surface area (Å²) in [6, 6.07) is 8.27. The monoisotopic (exact) mass is 315 g/mol. The number of nitrogens with one attached hydrogen (secondary N) is 2.